The van der Waals surface area contributed by atoms with E-state index in [0.717, 1.165) is 11.3 Å². The molecule has 2 N–H and O–H groups in total. The molecule has 0 atom stereocenters. The summed E-state index contributed by atoms with van der Waals surface area (Å²) in [6.07, 6.45) is 4.20. The fraction of sp³-hybridized carbons (Fsp3) is 0.0870. The van der Waals surface area contributed by atoms with Crippen molar-refractivity contribution in [3.05, 3.63) is 88.5 Å². The average Bonchev–Trinajstić information content (AvgIpc) is 3.41. The maximum atomic E-state index is 12.4. The summed E-state index contributed by atoms with van der Waals surface area (Å²) in [5, 5.41) is 19.5. The number of rotatable bonds is 7. The summed E-state index contributed by atoms with van der Waals surface area (Å²) >= 11 is 7.12. The molecule has 0 bridgehead atoms. The van der Waals surface area contributed by atoms with Gasteiger partial charge in [-0.3, -0.25) is 4.79 Å². The molecule has 0 saturated carbocycles. The van der Waals surface area contributed by atoms with Crippen LogP contribution in [0.15, 0.2) is 72.4 Å². The van der Waals surface area contributed by atoms with Gasteiger partial charge in [0.25, 0.3) is 0 Å². The molecule has 0 aliphatic carbocycles. The summed E-state index contributed by atoms with van der Waals surface area (Å²) < 4.78 is 1.65. The van der Waals surface area contributed by atoms with Crippen LogP contribution in [0.4, 0.5) is 5.00 Å². The quantitative estimate of drug-likeness (QED) is 0.387. The molecule has 0 aliphatic rings. The minimum absolute atomic E-state index is 0.0636. The van der Waals surface area contributed by atoms with E-state index in [1.165, 1.54) is 11.3 Å². The highest BCUT2D eigenvalue weighted by Gasteiger charge is 2.22. The summed E-state index contributed by atoms with van der Waals surface area (Å²) in [4.78, 5) is 24.4. The van der Waals surface area contributed by atoms with Crippen LogP contribution in [-0.4, -0.2) is 26.8 Å². The normalized spacial score (nSPS) is 10.7. The van der Waals surface area contributed by atoms with Gasteiger partial charge in [-0.25, -0.2) is 9.48 Å². The molecule has 6 nitrogen and oxygen atoms in total. The fourth-order valence-corrected chi connectivity index (χ4v) is 4.27. The van der Waals surface area contributed by atoms with Crippen molar-refractivity contribution in [3.63, 3.8) is 0 Å². The number of aromatic carboxylic acids is 1. The number of carboxylic acids is 1. The van der Waals surface area contributed by atoms with Gasteiger partial charge in [0.05, 0.1) is 11.9 Å². The van der Waals surface area contributed by atoms with Crippen LogP contribution in [0.25, 0.3) is 16.8 Å². The van der Waals surface area contributed by atoms with Crippen LogP contribution in [-0.2, 0) is 11.2 Å². The molecular formula is C23H18ClN3O3S. The average molecular weight is 452 g/mol. The number of anilines is 1. The number of halogens is 1. The summed E-state index contributed by atoms with van der Waals surface area (Å²) in [6, 6.07) is 16.8. The van der Waals surface area contributed by atoms with Crippen molar-refractivity contribution >= 4 is 39.8 Å². The Bertz CT molecular complexity index is 1220. The first kappa shape index (κ1) is 20.8. The number of aromatic nitrogens is 2. The Kier molecular flexibility index (Phi) is 6.16. The first-order valence-electron chi connectivity index (χ1n) is 9.51. The van der Waals surface area contributed by atoms with E-state index in [1.807, 2.05) is 42.5 Å². The summed E-state index contributed by atoms with van der Waals surface area (Å²) in [6.45, 7) is 0. The number of amides is 1. The summed E-state index contributed by atoms with van der Waals surface area (Å²) in [7, 11) is 0. The third-order valence-electron chi connectivity index (χ3n) is 4.73. The molecule has 156 valence electrons. The van der Waals surface area contributed by atoms with E-state index in [1.54, 1.807) is 34.6 Å². The van der Waals surface area contributed by atoms with Crippen molar-refractivity contribution in [3.8, 4) is 16.8 Å². The standard InChI is InChI=1S/C23H18ClN3O3S/c24-17-7-9-18(10-8-17)27-13-16(12-25-27)19-14-31-22(21(19)23(29)30)26-20(28)11-6-15-4-2-1-3-5-15/h1-5,7-10,12-14H,6,11H2,(H,26,28)(H,29,30). The monoisotopic (exact) mass is 451 g/mol. The molecule has 2 heterocycles. The molecular weight excluding hydrogens is 434 g/mol. The van der Waals surface area contributed by atoms with Gasteiger partial charge in [-0.15, -0.1) is 11.3 Å². The van der Waals surface area contributed by atoms with Gasteiger partial charge in [0, 0.05) is 34.1 Å². The van der Waals surface area contributed by atoms with E-state index in [9.17, 15) is 14.7 Å². The van der Waals surface area contributed by atoms with Crippen molar-refractivity contribution in [2.45, 2.75) is 12.8 Å². The van der Waals surface area contributed by atoms with Crippen LogP contribution >= 0.6 is 22.9 Å². The number of nitrogens with zero attached hydrogens (tertiary/aromatic N) is 2. The molecule has 0 spiro atoms. The van der Waals surface area contributed by atoms with Gasteiger partial charge in [0.1, 0.15) is 10.6 Å². The lowest BCUT2D eigenvalue weighted by atomic mass is 10.1. The number of aryl methyl sites for hydroxylation is 1. The molecule has 4 aromatic rings. The number of hydrogen-bond acceptors (Lipinski definition) is 4. The highest BCUT2D eigenvalue weighted by Crippen LogP contribution is 2.36. The first-order chi connectivity index (χ1) is 15.0. The maximum absolute atomic E-state index is 12.4. The Balaban J connectivity index is 1.53. The second kappa shape index (κ2) is 9.16. The van der Waals surface area contributed by atoms with Gasteiger partial charge in [0.2, 0.25) is 5.91 Å². The molecule has 1 amide bonds. The smallest absolute Gasteiger partial charge is 0.339 e. The zero-order chi connectivity index (χ0) is 21.8. The largest absolute Gasteiger partial charge is 0.478 e. The van der Waals surface area contributed by atoms with E-state index in [4.69, 9.17) is 11.6 Å². The van der Waals surface area contributed by atoms with Crippen molar-refractivity contribution in [2.24, 2.45) is 0 Å². The van der Waals surface area contributed by atoms with E-state index in [0.29, 0.717) is 27.6 Å². The third kappa shape index (κ3) is 4.84. The van der Waals surface area contributed by atoms with Gasteiger partial charge in [-0.1, -0.05) is 41.9 Å². The number of carboxylic acid groups (broad SMARTS) is 1. The van der Waals surface area contributed by atoms with Crippen molar-refractivity contribution in [1.82, 2.24) is 9.78 Å². The molecule has 0 radical (unpaired) electrons. The van der Waals surface area contributed by atoms with Gasteiger partial charge in [0.15, 0.2) is 0 Å². The predicted octanol–water partition coefficient (Wildman–Crippen LogP) is 5.52. The zero-order valence-electron chi connectivity index (χ0n) is 16.3. The van der Waals surface area contributed by atoms with Crippen molar-refractivity contribution in [2.75, 3.05) is 5.32 Å². The first-order valence-corrected chi connectivity index (χ1v) is 10.8. The van der Waals surface area contributed by atoms with Gasteiger partial charge in [-0.05, 0) is 36.2 Å². The van der Waals surface area contributed by atoms with Crippen LogP contribution in [0.3, 0.4) is 0 Å². The predicted molar refractivity (Wildman–Crippen MR) is 122 cm³/mol. The number of carbonyl (C=O) groups excluding carboxylic acids is 1. The van der Waals surface area contributed by atoms with E-state index < -0.39 is 5.97 Å². The third-order valence-corrected chi connectivity index (χ3v) is 5.87. The second-order valence-electron chi connectivity index (χ2n) is 6.84. The van der Waals surface area contributed by atoms with Gasteiger partial charge in [-0.2, -0.15) is 5.10 Å². The van der Waals surface area contributed by atoms with Crippen LogP contribution in [0.1, 0.15) is 22.3 Å². The molecule has 31 heavy (non-hydrogen) atoms. The minimum Gasteiger partial charge on any atom is -0.478 e. The molecule has 0 fully saturated rings. The van der Waals surface area contributed by atoms with Gasteiger partial charge >= 0.3 is 5.97 Å². The zero-order valence-corrected chi connectivity index (χ0v) is 17.9. The van der Waals surface area contributed by atoms with Crippen LogP contribution in [0.5, 0.6) is 0 Å². The van der Waals surface area contributed by atoms with Crippen molar-refractivity contribution in [1.29, 1.82) is 0 Å². The number of thiophene rings is 1. The SMILES string of the molecule is O=C(CCc1ccccc1)Nc1scc(-c2cnn(-c3ccc(Cl)cc3)c2)c1C(=O)O. The molecule has 2 aromatic heterocycles. The molecule has 2 aromatic carbocycles. The lowest BCUT2D eigenvalue weighted by Gasteiger charge is -2.06. The number of nitrogens with one attached hydrogen (secondary N) is 1. The van der Waals surface area contributed by atoms with Crippen LogP contribution in [0, 0.1) is 0 Å². The van der Waals surface area contributed by atoms with Crippen LogP contribution < -0.4 is 5.32 Å². The minimum atomic E-state index is -1.10. The Hall–Kier alpha value is -3.42. The molecule has 0 saturated heterocycles. The lowest BCUT2D eigenvalue weighted by molar-refractivity contribution is -0.116. The molecule has 8 heteroatoms. The van der Waals surface area contributed by atoms with E-state index in [2.05, 4.69) is 10.4 Å². The Labute approximate surface area is 187 Å². The fourth-order valence-electron chi connectivity index (χ4n) is 3.16. The van der Waals surface area contributed by atoms with E-state index in [-0.39, 0.29) is 17.9 Å². The van der Waals surface area contributed by atoms with Gasteiger partial charge < -0.3 is 10.4 Å². The molecule has 4 rings (SSSR count). The Morgan fingerprint density at radius 1 is 1.10 bits per heavy atom. The molecule has 0 aliphatic heterocycles. The number of hydrogen-bond donors (Lipinski definition) is 2. The lowest BCUT2D eigenvalue weighted by Crippen LogP contribution is -2.14. The van der Waals surface area contributed by atoms with Crippen LogP contribution in [0.2, 0.25) is 5.02 Å². The Morgan fingerprint density at radius 2 is 1.84 bits per heavy atom. The van der Waals surface area contributed by atoms with E-state index >= 15 is 0 Å². The summed E-state index contributed by atoms with van der Waals surface area (Å²) in [5.41, 5.74) is 3.08. The Morgan fingerprint density at radius 3 is 2.55 bits per heavy atom. The highest BCUT2D eigenvalue weighted by atomic mass is 35.5. The van der Waals surface area contributed by atoms with Crippen molar-refractivity contribution < 1.29 is 14.7 Å². The topological polar surface area (TPSA) is 84.2 Å². The number of carbonyl (C=O) groups is 2. The maximum Gasteiger partial charge on any atom is 0.339 e. The summed E-state index contributed by atoms with van der Waals surface area (Å²) in [5.74, 6) is -1.33. The second-order valence-corrected chi connectivity index (χ2v) is 8.16. The highest BCUT2D eigenvalue weighted by molar-refractivity contribution is 7.15. The number of benzene rings is 2. The molecule has 0 unspecified atom stereocenters.